The highest BCUT2D eigenvalue weighted by molar-refractivity contribution is 5.94. The Morgan fingerprint density at radius 1 is 0.960 bits per heavy atom. The molecule has 1 aromatic heterocycles. The van der Waals surface area contributed by atoms with Crippen molar-refractivity contribution in [3.05, 3.63) is 54.4 Å². The zero-order valence-corrected chi connectivity index (χ0v) is 14.5. The lowest BCUT2D eigenvalue weighted by atomic mass is 10.2. The fourth-order valence-corrected chi connectivity index (χ4v) is 2.98. The lowest BCUT2D eigenvalue weighted by molar-refractivity contribution is 0.0952. The Hall–Kier alpha value is -2.47. The van der Waals surface area contributed by atoms with Crippen LogP contribution < -0.4 is 10.2 Å². The van der Waals surface area contributed by atoms with Gasteiger partial charge in [0.15, 0.2) is 0 Å². The summed E-state index contributed by atoms with van der Waals surface area (Å²) in [6, 6.07) is 11.2. The highest BCUT2D eigenvalue weighted by Crippen LogP contribution is 2.10. The molecule has 1 aliphatic heterocycles. The number of carbonyl (C=O) groups is 1. The topological polar surface area (TPSA) is 61.4 Å². The molecule has 0 unspecified atom stereocenters. The third-order valence-electron chi connectivity index (χ3n) is 4.43. The molecule has 6 heteroatoms. The summed E-state index contributed by atoms with van der Waals surface area (Å²) < 4.78 is 0. The molecule has 1 saturated heterocycles. The van der Waals surface area contributed by atoms with E-state index in [0.29, 0.717) is 0 Å². The number of rotatable bonds is 7. The molecule has 1 aromatic carbocycles. The van der Waals surface area contributed by atoms with Crippen LogP contribution in [0.4, 0.5) is 5.95 Å². The van der Waals surface area contributed by atoms with Crippen molar-refractivity contribution < 1.29 is 4.79 Å². The van der Waals surface area contributed by atoms with Crippen LogP contribution in [0.3, 0.4) is 0 Å². The minimum atomic E-state index is 0.0112. The summed E-state index contributed by atoms with van der Waals surface area (Å²) >= 11 is 0. The molecule has 1 aliphatic rings. The minimum Gasteiger partial charge on any atom is -0.352 e. The molecule has 6 nitrogen and oxygen atoms in total. The Labute approximate surface area is 148 Å². The van der Waals surface area contributed by atoms with E-state index >= 15 is 0 Å². The SMILES string of the molecule is O=C(NCCCCN1CCN(c2ncccn2)CC1)c1ccccc1. The smallest absolute Gasteiger partial charge is 0.251 e. The molecule has 132 valence electrons. The van der Waals surface area contributed by atoms with Gasteiger partial charge < -0.3 is 10.2 Å². The largest absolute Gasteiger partial charge is 0.352 e. The summed E-state index contributed by atoms with van der Waals surface area (Å²) in [7, 11) is 0. The lowest BCUT2D eigenvalue weighted by Gasteiger charge is -2.34. The van der Waals surface area contributed by atoms with Crippen molar-refractivity contribution >= 4 is 11.9 Å². The van der Waals surface area contributed by atoms with Crippen LogP contribution in [-0.2, 0) is 0 Å². The summed E-state index contributed by atoms with van der Waals surface area (Å²) in [6.45, 7) is 5.81. The zero-order valence-electron chi connectivity index (χ0n) is 14.5. The van der Waals surface area contributed by atoms with Crippen LogP contribution in [0.15, 0.2) is 48.8 Å². The van der Waals surface area contributed by atoms with Gasteiger partial charge in [-0.2, -0.15) is 0 Å². The average Bonchev–Trinajstić information content (AvgIpc) is 2.69. The predicted octanol–water partition coefficient (Wildman–Crippen LogP) is 1.81. The summed E-state index contributed by atoms with van der Waals surface area (Å²) in [4.78, 5) is 25.3. The number of nitrogens with one attached hydrogen (secondary N) is 1. The number of hydrogen-bond acceptors (Lipinski definition) is 5. The number of hydrogen-bond donors (Lipinski definition) is 1. The Kier molecular flexibility index (Phi) is 6.34. The fourth-order valence-electron chi connectivity index (χ4n) is 2.98. The Morgan fingerprint density at radius 3 is 2.40 bits per heavy atom. The highest BCUT2D eigenvalue weighted by atomic mass is 16.1. The first kappa shape index (κ1) is 17.4. The fraction of sp³-hybridized carbons (Fsp3) is 0.421. The van der Waals surface area contributed by atoms with E-state index in [2.05, 4.69) is 25.1 Å². The van der Waals surface area contributed by atoms with E-state index < -0.39 is 0 Å². The summed E-state index contributed by atoms with van der Waals surface area (Å²) in [6.07, 6.45) is 5.67. The van der Waals surface area contributed by atoms with Crippen molar-refractivity contribution in [1.82, 2.24) is 20.2 Å². The molecule has 1 amide bonds. The second kappa shape index (κ2) is 9.13. The molecule has 0 atom stereocenters. The molecule has 25 heavy (non-hydrogen) atoms. The molecule has 0 saturated carbocycles. The number of nitrogens with zero attached hydrogens (tertiary/aromatic N) is 4. The number of anilines is 1. The van der Waals surface area contributed by atoms with Crippen LogP contribution in [0.5, 0.6) is 0 Å². The molecular formula is C19H25N5O. The number of unbranched alkanes of at least 4 members (excludes halogenated alkanes) is 1. The van der Waals surface area contributed by atoms with E-state index in [4.69, 9.17) is 0 Å². The number of piperazine rings is 1. The van der Waals surface area contributed by atoms with Crippen LogP contribution >= 0.6 is 0 Å². The van der Waals surface area contributed by atoms with Gasteiger partial charge in [-0.1, -0.05) is 18.2 Å². The average molecular weight is 339 g/mol. The number of amides is 1. The van der Waals surface area contributed by atoms with Gasteiger partial charge in [0, 0.05) is 50.7 Å². The van der Waals surface area contributed by atoms with Crippen LogP contribution in [0, 0.1) is 0 Å². The van der Waals surface area contributed by atoms with Gasteiger partial charge in [-0.25, -0.2) is 9.97 Å². The van der Waals surface area contributed by atoms with Crippen LogP contribution in [-0.4, -0.2) is 60.0 Å². The van der Waals surface area contributed by atoms with Gasteiger partial charge in [0.05, 0.1) is 0 Å². The maximum Gasteiger partial charge on any atom is 0.251 e. The minimum absolute atomic E-state index is 0.0112. The van der Waals surface area contributed by atoms with Crippen LogP contribution in [0.1, 0.15) is 23.2 Å². The molecule has 0 radical (unpaired) electrons. The van der Waals surface area contributed by atoms with Gasteiger partial charge in [0.1, 0.15) is 0 Å². The van der Waals surface area contributed by atoms with Crippen LogP contribution in [0.25, 0.3) is 0 Å². The maximum absolute atomic E-state index is 11.9. The third-order valence-corrected chi connectivity index (χ3v) is 4.43. The van der Waals surface area contributed by atoms with Gasteiger partial charge in [-0.05, 0) is 37.6 Å². The quantitative estimate of drug-likeness (QED) is 0.780. The van der Waals surface area contributed by atoms with Gasteiger partial charge in [0.25, 0.3) is 5.91 Å². The van der Waals surface area contributed by atoms with Crippen molar-refractivity contribution in [3.63, 3.8) is 0 Å². The first-order valence-corrected chi connectivity index (χ1v) is 8.90. The van der Waals surface area contributed by atoms with Crippen molar-refractivity contribution in [2.75, 3.05) is 44.2 Å². The Bertz CT molecular complexity index is 641. The van der Waals surface area contributed by atoms with Crippen molar-refractivity contribution in [2.45, 2.75) is 12.8 Å². The lowest BCUT2D eigenvalue weighted by Crippen LogP contribution is -2.47. The zero-order chi connectivity index (χ0) is 17.3. The van der Waals surface area contributed by atoms with Gasteiger partial charge in [-0.15, -0.1) is 0 Å². The normalized spacial score (nSPS) is 15.1. The molecule has 1 N–H and O–H groups in total. The first-order valence-electron chi connectivity index (χ1n) is 8.90. The Morgan fingerprint density at radius 2 is 1.68 bits per heavy atom. The van der Waals surface area contributed by atoms with E-state index in [0.717, 1.165) is 63.6 Å². The van der Waals surface area contributed by atoms with Crippen molar-refractivity contribution in [1.29, 1.82) is 0 Å². The third kappa shape index (κ3) is 5.26. The van der Waals surface area contributed by atoms with Crippen LogP contribution in [0.2, 0.25) is 0 Å². The van der Waals surface area contributed by atoms with Gasteiger partial charge in [-0.3, -0.25) is 9.69 Å². The molecule has 0 bridgehead atoms. The number of carbonyl (C=O) groups excluding carboxylic acids is 1. The molecule has 2 aromatic rings. The molecule has 3 rings (SSSR count). The van der Waals surface area contributed by atoms with E-state index in [1.807, 2.05) is 36.4 Å². The molecule has 1 fully saturated rings. The Balaban J connectivity index is 1.28. The molecule has 0 aliphatic carbocycles. The van der Waals surface area contributed by atoms with Crippen molar-refractivity contribution in [2.24, 2.45) is 0 Å². The predicted molar refractivity (Wildman–Crippen MR) is 98.7 cm³/mol. The summed E-state index contributed by atoms with van der Waals surface area (Å²) in [5.74, 6) is 0.836. The molecular weight excluding hydrogens is 314 g/mol. The van der Waals surface area contributed by atoms with Crippen molar-refractivity contribution in [3.8, 4) is 0 Å². The van der Waals surface area contributed by atoms with E-state index in [1.165, 1.54) is 0 Å². The molecule has 0 spiro atoms. The highest BCUT2D eigenvalue weighted by Gasteiger charge is 2.18. The first-order chi connectivity index (χ1) is 12.3. The summed E-state index contributed by atoms with van der Waals surface area (Å²) in [5.41, 5.74) is 0.724. The second-order valence-electron chi connectivity index (χ2n) is 6.21. The van der Waals surface area contributed by atoms with E-state index in [1.54, 1.807) is 12.4 Å². The number of benzene rings is 1. The van der Waals surface area contributed by atoms with E-state index in [-0.39, 0.29) is 5.91 Å². The van der Waals surface area contributed by atoms with E-state index in [9.17, 15) is 4.79 Å². The number of aromatic nitrogens is 2. The second-order valence-corrected chi connectivity index (χ2v) is 6.21. The molecule has 2 heterocycles. The summed E-state index contributed by atoms with van der Waals surface area (Å²) in [5, 5.41) is 2.98. The maximum atomic E-state index is 11.9. The monoisotopic (exact) mass is 339 g/mol. The van der Waals surface area contributed by atoms with Gasteiger partial charge >= 0.3 is 0 Å². The van der Waals surface area contributed by atoms with Gasteiger partial charge in [0.2, 0.25) is 5.95 Å². The standard InChI is InChI=1S/C19H25N5O/c25-18(17-7-2-1-3-8-17)20-9-4-5-12-23-13-15-24(16-14-23)19-21-10-6-11-22-19/h1-3,6-8,10-11H,4-5,9,12-16H2,(H,20,25).